The van der Waals surface area contributed by atoms with Crippen LogP contribution < -0.4 is 14.2 Å². The van der Waals surface area contributed by atoms with Gasteiger partial charge in [0.15, 0.2) is 11.5 Å². The molecule has 27 heavy (non-hydrogen) atoms. The zero-order valence-electron chi connectivity index (χ0n) is 16.0. The normalized spacial score (nSPS) is 13.4. The molecule has 1 saturated carbocycles. The third-order valence-electron chi connectivity index (χ3n) is 4.61. The Morgan fingerprint density at radius 3 is 2.22 bits per heavy atom. The van der Waals surface area contributed by atoms with Crippen molar-refractivity contribution in [3.8, 4) is 17.2 Å². The molecule has 0 unspecified atom stereocenters. The molecule has 0 aliphatic heterocycles. The summed E-state index contributed by atoms with van der Waals surface area (Å²) in [4.78, 5) is 14.8. The lowest BCUT2D eigenvalue weighted by Crippen LogP contribution is -2.31. The van der Waals surface area contributed by atoms with E-state index in [0.29, 0.717) is 29.8 Å². The predicted octanol–water partition coefficient (Wildman–Crippen LogP) is 3.92. The molecule has 0 bridgehead atoms. The van der Waals surface area contributed by atoms with Gasteiger partial charge in [-0.05, 0) is 30.5 Å². The second-order valence-corrected chi connectivity index (χ2v) is 6.47. The zero-order chi connectivity index (χ0) is 19.2. The number of amides is 1. The Bertz CT molecular complexity index is 813. The third-order valence-corrected chi connectivity index (χ3v) is 4.61. The van der Waals surface area contributed by atoms with Crippen LogP contribution in [0.15, 0.2) is 48.5 Å². The van der Waals surface area contributed by atoms with Crippen LogP contribution in [0.25, 0.3) is 6.08 Å². The Hall–Kier alpha value is -2.95. The monoisotopic (exact) mass is 367 g/mol. The lowest BCUT2D eigenvalue weighted by atomic mass is 10.1. The standard InChI is InChI=1S/C22H25NO4/c1-25-19-14-21(27-3)20(26-2)13-17(19)9-12-22(24)23(18-10-11-18)15-16-7-5-4-6-8-16/h4-9,12-14,18H,10-11,15H2,1-3H3/b12-9+. The highest BCUT2D eigenvalue weighted by Gasteiger charge is 2.31. The van der Waals surface area contributed by atoms with E-state index >= 15 is 0 Å². The minimum Gasteiger partial charge on any atom is -0.496 e. The molecular weight excluding hydrogens is 342 g/mol. The Balaban J connectivity index is 1.80. The van der Waals surface area contributed by atoms with E-state index < -0.39 is 0 Å². The number of ether oxygens (including phenoxy) is 3. The molecule has 1 aliphatic carbocycles. The third kappa shape index (κ3) is 4.61. The van der Waals surface area contributed by atoms with Crippen LogP contribution in [0.1, 0.15) is 24.0 Å². The van der Waals surface area contributed by atoms with Crippen molar-refractivity contribution in [3.63, 3.8) is 0 Å². The predicted molar refractivity (Wildman–Crippen MR) is 105 cm³/mol. The number of carbonyl (C=O) groups excluding carboxylic acids is 1. The van der Waals surface area contributed by atoms with Crippen LogP contribution in [0.2, 0.25) is 0 Å². The molecule has 0 N–H and O–H groups in total. The van der Waals surface area contributed by atoms with Gasteiger partial charge in [0.05, 0.1) is 21.3 Å². The molecule has 0 radical (unpaired) electrons. The van der Waals surface area contributed by atoms with E-state index in [1.54, 1.807) is 45.6 Å². The van der Waals surface area contributed by atoms with E-state index in [2.05, 4.69) is 0 Å². The quantitative estimate of drug-likeness (QED) is 0.664. The summed E-state index contributed by atoms with van der Waals surface area (Å²) in [6.07, 6.45) is 5.49. The second-order valence-electron chi connectivity index (χ2n) is 6.47. The lowest BCUT2D eigenvalue weighted by Gasteiger charge is -2.21. The largest absolute Gasteiger partial charge is 0.496 e. The second kappa shape index (κ2) is 8.62. The molecule has 5 nitrogen and oxygen atoms in total. The maximum absolute atomic E-state index is 12.8. The topological polar surface area (TPSA) is 48.0 Å². The SMILES string of the molecule is COc1cc(OC)c(OC)cc1/C=C/C(=O)N(Cc1ccccc1)C1CC1. The van der Waals surface area contributed by atoms with E-state index in [1.807, 2.05) is 35.2 Å². The van der Waals surface area contributed by atoms with Crippen LogP contribution in [-0.2, 0) is 11.3 Å². The molecule has 0 heterocycles. The number of hydrogen-bond donors (Lipinski definition) is 0. The van der Waals surface area contributed by atoms with Crippen molar-refractivity contribution in [3.05, 3.63) is 59.7 Å². The summed E-state index contributed by atoms with van der Waals surface area (Å²) >= 11 is 0. The van der Waals surface area contributed by atoms with Gasteiger partial charge in [0.2, 0.25) is 5.91 Å². The van der Waals surface area contributed by atoms with Gasteiger partial charge in [0, 0.05) is 30.3 Å². The first-order chi connectivity index (χ1) is 13.2. The molecule has 1 fully saturated rings. The summed E-state index contributed by atoms with van der Waals surface area (Å²) in [5.41, 5.74) is 1.90. The molecule has 0 atom stereocenters. The van der Waals surface area contributed by atoms with Crippen LogP contribution in [0, 0.1) is 0 Å². The van der Waals surface area contributed by atoms with Crippen molar-refractivity contribution >= 4 is 12.0 Å². The first-order valence-electron chi connectivity index (χ1n) is 8.99. The van der Waals surface area contributed by atoms with Gasteiger partial charge in [-0.3, -0.25) is 4.79 Å². The van der Waals surface area contributed by atoms with Crippen LogP contribution in [0.3, 0.4) is 0 Å². The number of nitrogens with zero attached hydrogens (tertiary/aromatic N) is 1. The maximum Gasteiger partial charge on any atom is 0.247 e. The molecule has 1 amide bonds. The number of benzene rings is 2. The van der Waals surface area contributed by atoms with Gasteiger partial charge in [-0.1, -0.05) is 30.3 Å². The smallest absolute Gasteiger partial charge is 0.247 e. The van der Waals surface area contributed by atoms with Crippen molar-refractivity contribution < 1.29 is 19.0 Å². The van der Waals surface area contributed by atoms with Crippen molar-refractivity contribution in [2.24, 2.45) is 0 Å². The molecule has 0 aromatic heterocycles. The first-order valence-corrected chi connectivity index (χ1v) is 8.99. The van der Waals surface area contributed by atoms with E-state index in [4.69, 9.17) is 14.2 Å². The molecule has 142 valence electrons. The molecule has 3 rings (SSSR count). The fraction of sp³-hybridized carbons (Fsp3) is 0.318. The fourth-order valence-corrected chi connectivity index (χ4v) is 2.99. The minimum absolute atomic E-state index is 0.00167. The highest BCUT2D eigenvalue weighted by molar-refractivity contribution is 5.92. The molecule has 2 aromatic carbocycles. The van der Waals surface area contributed by atoms with Crippen molar-refractivity contribution in [1.82, 2.24) is 4.90 Å². The summed E-state index contributed by atoms with van der Waals surface area (Å²) in [5, 5.41) is 0. The summed E-state index contributed by atoms with van der Waals surface area (Å²) in [7, 11) is 4.75. The van der Waals surface area contributed by atoms with Crippen LogP contribution in [-0.4, -0.2) is 38.2 Å². The first kappa shape index (κ1) is 18.8. The Labute approximate surface area is 160 Å². The molecule has 0 saturated heterocycles. The average molecular weight is 367 g/mol. The molecular formula is C22H25NO4. The van der Waals surface area contributed by atoms with E-state index in [1.165, 1.54) is 0 Å². The fourth-order valence-electron chi connectivity index (χ4n) is 2.99. The van der Waals surface area contributed by atoms with Gasteiger partial charge >= 0.3 is 0 Å². The average Bonchev–Trinajstić information content (AvgIpc) is 3.55. The molecule has 5 heteroatoms. The lowest BCUT2D eigenvalue weighted by molar-refractivity contribution is -0.127. The summed E-state index contributed by atoms with van der Waals surface area (Å²) in [6.45, 7) is 0.623. The van der Waals surface area contributed by atoms with Crippen LogP contribution >= 0.6 is 0 Å². The number of hydrogen-bond acceptors (Lipinski definition) is 4. The van der Waals surface area contributed by atoms with Crippen molar-refractivity contribution in [2.45, 2.75) is 25.4 Å². The Kier molecular flexibility index (Phi) is 6.01. The van der Waals surface area contributed by atoms with E-state index in [9.17, 15) is 4.79 Å². The van der Waals surface area contributed by atoms with Gasteiger partial charge in [0.25, 0.3) is 0 Å². The molecule has 1 aliphatic rings. The van der Waals surface area contributed by atoms with E-state index in [-0.39, 0.29) is 5.91 Å². The number of methoxy groups -OCH3 is 3. The molecule has 2 aromatic rings. The van der Waals surface area contributed by atoms with Gasteiger partial charge < -0.3 is 19.1 Å². The van der Waals surface area contributed by atoms with Crippen molar-refractivity contribution in [2.75, 3.05) is 21.3 Å². The Morgan fingerprint density at radius 2 is 1.63 bits per heavy atom. The summed E-state index contributed by atoms with van der Waals surface area (Å²) in [6, 6.07) is 14.0. The summed E-state index contributed by atoms with van der Waals surface area (Å²) < 4.78 is 16.1. The van der Waals surface area contributed by atoms with Gasteiger partial charge in [0.1, 0.15) is 5.75 Å². The van der Waals surface area contributed by atoms with Gasteiger partial charge in [-0.2, -0.15) is 0 Å². The highest BCUT2D eigenvalue weighted by Crippen LogP contribution is 2.35. The van der Waals surface area contributed by atoms with Gasteiger partial charge in [-0.15, -0.1) is 0 Å². The van der Waals surface area contributed by atoms with Crippen LogP contribution in [0.4, 0.5) is 0 Å². The Morgan fingerprint density at radius 1 is 1.00 bits per heavy atom. The van der Waals surface area contributed by atoms with Crippen molar-refractivity contribution in [1.29, 1.82) is 0 Å². The van der Waals surface area contributed by atoms with Gasteiger partial charge in [-0.25, -0.2) is 0 Å². The zero-order valence-corrected chi connectivity index (χ0v) is 16.0. The maximum atomic E-state index is 12.8. The number of carbonyl (C=O) groups is 1. The van der Waals surface area contributed by atoms with Crippen LogP contribution in [0.5, 0.6) is 17.2 Å². The minimum atomic E-state index is -0.00167. The molecule has 0 spiro atoms. The summed E-state index contributed by atoms with van der Waals surface area (Å²) in [5.74, 6) is 1.80. The van der Waals surface area contributed by atoms with E-state index in [0.717, 1.165) is 24.0 Å². The highest BCUT2D eigenvalue weighted by atomic mass is 16.5. The number of rotatable bonds is 8.